The molecule has 5 nitrogen and oxygen atoms in total. The van der Waals surface area contributed by atoms with E-state index in [-0.39, 0.29) is 17.3 Å². The Morgan fingerprint density at radius 2 is 1.97 bits per heavy atom. The lowest BCUT2D eigenvalue weighted by molar-refractivity contribution is 0.364. The predicted molar refractivity (Wildman–Crippen MR) is 109 cm³/mol. The molecule has 0 aliphatic carbocycles. The largest absolute Gasteiger partial charge is 0.353 e. The Bertz CT molecular complexity index is 1260. The van der Waals surface area contributed by atoms with Crippen molar-refractivity contribution < 1.29 is 13.2 Å². The van der Waals surface area contributed by atoms with Crippen molar-refractivity contribution in [2.75, 3.05) is 18.0 Å². The summed E-state index contributed by atoms with van der Waals surface area (Å²) < 4.78 is 42.5. The molecule has 9 heteroatoms. The summed E-state index contributed by atoms with van der Waals surface area (Å²) in [6.45, 7) is 0.632. The van der Waals surface area contributed by atoms with Crippen LogP contribution in [0.25, 0.3) is 33.5 Å². The highest BCUT2D eigenvalue weighted by Gasteiger charge is 2.28. The minimum atomic E-state index is -0.979. The SMILES string of the molecule is Fc1ccc(F)c(-c2ccnc(N3CC[C@H](F)C3)c2-c2nc3cc(Cl)ncc3[nH]2)c1. The lowest BCUT2D eigenvalue weighted by Crippen LogP contribution is -2.22. The van der Waals surface area contributed by atoms with E-state index < -0.39 is 17.8 Å². The number of halogens is 4. The van der Waals surface area contributed by atoms with Gasteiger partial charge < -0.3 is 9.88 Å². The lowest BCUT2D eigenvalue weighted by Gasteiger charge is -2.21. The number of H-pyrrole nitrogens is 1. The highest BCUT2D eigenvalue weighted by molar-refractivity contribution is 6.29. The number of rotatable bonds is 3. The molecule has 0 saturated carbocycles. The van der Waals surface area contributed by atoms with Gasteiger partial charge in [0.25, 0.3) is 0 Å². The maximum Gasteiger partial charge on any atom is 0.142 e. The van der Waals surface area contributed by atoms with Gasteiger partial charge in [0, 0.05) is 29.9 Å². The normalized spacial score (nSPS) is 16.5. The van der Waals surface area contributed by atoms with Crippen molar-refractivity contribution in [1.82, 2.24) is 19.9 Å². The molecule has 1 aliphatic heterocycles. The van der Waals surface area contributed by atoms with Crippen LogP contribution < -0.4 is 4.90 Å². The maximum absolute atomic E-state index is 14.7. The Balaban J connectivity index is 1.78. The Morgan fingerprint density at radius 1 is 1.10 bits per heavy atom. The monoisotopic (exact) mass is 429 g/mol. The number of hydrogen-bond acceptors (Lipinski definition) is 4. The number of nitrogens with one attached hydrogen (secondary N) is 1. The molecule has 5 rings (SSSR count). The van der Waals surface area contributed by atoms with E-state index in [1.807, 2.05) is 0 Å². The fourth-order valence-corrected chi connectivity index (χ4v) is 3.92. The molecule has 0 amide bonds. The van der Waals surface area contributed by atoms with Gasteiger partial charge in [-0.25, -0.2) is 28.1 Å². The highest BCUT2D eigenvalue weighted by atomic mass is 35.5. The van der Waals surface area contributed by atoms with Crippen LogP contribution in [0.4, 0.5) is 19.0 Å². The van der Waals surface area contributed by atoms with E-state index in [0.717, 1.165) is 18.2 Å². The standard InChI is InChI=1S/C21H15ClF3N5/c22-18-8-16-17(9-27-18)29-20(28-16)19-13(14-7-11(23)1-2-15(14)25)3-5-26-21(19)30-6-4-12(24)10-30/h1-3,5,7-9,12H,4,6,10H2,(H,28,29)/t12-/m0/s1. The molecule has 0 bridgehead atoms. The van der Waals surface area contributed by atoms with Crippen LogP contribution >= 0.6 is 11.6 Å². The van der Waals surface area contributed by atoms with Crippen molar-refractivity contribution in [3.8, 4) is 22.5 Å². The van der Waals surface area contributed by atoms with Gasteiger partial charge in [-0.05, 0) is 30.7 Å². The topological polar surface area (TPSA) is 57.7 Å². The minimum absolute atomic E-state index is 0.0706. The first-order valence-electron chi connectivity index (χ1n) is 9.34. The third-order valence-electron chi connectivity index (χ3n) is 5.15. The van der Waals surface area contributed by atoms with Crippen molar-refractivity contribution in [2.45, 2.75) is 12.6 Å². The van der Waals surface area contributed by atoms with Gasteiger partial charge in [-0.3, -0.25) is 0 Å². The van der Waals surface area contributed by atoms with Crippen molar-refractivity contribution >= 4 is 28.5 Å². The molecule has 0 spiro atoms. The zero-order valence-electron chi connectivity index (χ0n) is 15.5. The van der Waals surface area contributed by atoms with Gasteiger partial charge in [-0.2, -0.15) is 0 Å². The van der Waals surface area contributed by atoms with Crippen LogP contribution in [0.1, 0.15) is 6.42 Å². The number of aromatic amines is 1. The van der Waals surface area contributed by atoms with Crippen molar-refractivity contribution in [3.63, 3.8) is 0 Å². The molecule has 4 aromatic rings. The average Bonchev–Trinajstić information content (AvgIpc) is 3.35. The summed E-state index contributed by atoms with van der Waals surface area (Å²) in [4.78, 5) is 18.0. The highest BCUT2D eigenvalue weighted by Crippen LogP contribution is 2.40. The summed E-state index contributed by atoms with van der Waals surface area (Å²) in [5.41, 5.74) is 2.12. The van der Waals surface area contributed by atoms with Crippen LogP contribution in [0, 0.1) is 11.6 Å². The number of alkyl halides is 1. The first kappa shape index (κ1) is 18.9. The Kier molecular flexibility index (Phi) is 4.58. The van der Waals surface area contributed by atoms with Gasteiger partial charge in [-0.15, -0.1) is 0 Å². The molecule has 4 heterocycles. The van der Waals surface area contributed by atoms with Crippen LogP contribution in [0.15, 0.2) is 42.7 Å². The van der Waals surface area contributed by atoms with Gasteiger partial charge in [0.05, 0.1) is 29.3 Å². The summed E-state index contributed by atoms with van der Waals surface area (Å²) in [6.07, 6.45) is 2.44. The first-order chi connectivity index (χ1) is 14.5. The average molecular weight is 430 g/mol. The summed E-state index contributed by atoms with van der Waals surface area (Å²) >= 11 is 5.97. The molecule has 1 saturated heterocycles. The van der Waals surface area contributed by atoms with E-state index in [0.29, 0.717) is 46.8 Å². The number of benzene rings is 1. The number of nitrogens with zero attached hydrogens (tertiary/aromatic N) is 4. The fourth-order valence-electron chi connectivity index (χ4n) is 3.77. The molecule has 0 unspecified atom stereocenters. The second kappa shape index (κ2) is 7.28. The van der Waals surface area contributed by atoms with Gasteiger partial charge in [0.2, 0.25) is 0 Å². The Hall–Kier alpha value is -3.13. The maximum atomic E-state index is 14.7. The summed E-state index contributed by atoms with van der Waals surface area (Å²) in [7, 11) is 0. The third kappa shape index (κ3) is 3.27. The summed E-state index contributed by atoms with van der Waals surface area (Å²) in [5.74, 6) is -0.311. The number of hydrogen-bond donors (Lipinski definition) is 1. The number of imidazole rings is 1. The molecule has 1 atom stereocenters. The van der Waals surface area contributed by atoms with Gasteiger partial charge in [-0.1, -0.05) is 11.6 Å². The first-order valence-corrected chi connectivity index (χ1v) is 9.72. The predicted octanol–water partition coefficient (Wildman–Crippen LogP) is 5.17. The molecule has 0 radical (unpaired) electrons. The zero-order valence-corrected chi connectivity index (χ0v) is 16.3. The van der Waals surface area contributed by atoms with Gasteiger partial charge in [0.15, 0.2) is 0 Å². The second-order valence-corrected chi connectivity index (χ2v) is 7.51. The van der Waals surface area contributed by atoms with E-state index in [1.165, 1.54) is 6.20 Å². The molecule has 1 fully saturated rings. The summed E-state index contributed by atoms with van der Waals surface area (Å²) in [5, 5.41) is 0.281. The smallest absolute Gasteiger partial charge is 0.142 e. The second-order valence-electron chi connectivity index (χ2n) is 7.12. The minimum Gasteiger partial charge on any atom is -0.353 e. The third-order valence-corrected chi connectivity index (χ3v) is 5.36. The molecule has 30 heavy (non-hydrogen) atoms. The van der Waals surface area contributed by atoms with E-state index >= 15 is 0 Å². The molecular weight excluding hydrogens is 415 g/mol. The molecular formula is C21H15ClF3N5. The van der Waals surface area contributed by atoms with E-state index in [4.69, 9.17) is 11.6 Å². The van der Waals surface area contributed by atoms with Crippen LogP contribution in [0.2, 0.25) is 5.15 Å². The molecule has 1 aliphatic rings. The molecule has 1 aromatic carbocycles. The van der Waals surface area contributed by atoms with E-state index in [9.17, 15) is 13.2 Å². The molecule has 3 aromatic heterocycles. The van der Waals surface area contributed by atoms with Crippen molar-refractivity contribution in [1.29, 1.82) is 0 Å². The summed E-state index contributed by atoms with van der Waals surface area (Å²) in [6, 6.07) is 6.45. The molecule has 152 valence electrons. The number of fused-ring (bicyclic) bond motifs is 1. The van der Waals surface area contributed by atoms with Crippen LogP contribution in [0.3, 0.4) is 0 Å². The van der Waals surface area contributed by atoms with E-state index in [2.05, 4.69) is 19.9 Å². The quantitative estimate of drug-likeness (QED) is 0.457. The van der Waals surface area contributed by atoms with E-state index in [1.54, 1.807) is 23.2 Å². The van der Waals surface area contributed by atoms with Crippen molar-refractivity contribution in [2.24, 2.45) is 0 Å². The van der Waals surface area contributed by atoms with Crippen LogP contribution in [-0.2, 0) is 0 Å². The Labute approximate surface area is 174 Å². The molecule has 1 N–H and O–H groups in total. The number of pyridine rings is 2. The van der Waals surface area contributed by atoms with Crippen LogP contribution in [0.5, 0.6) is 0 Å². The lowest BCUT2D eigenvalue weighted by atomic mass is 9.99. The van der Waals surface area contributed by atoms with Gasteiger partial charge >= 0.3 is 0 Å². The Morgan fingerprint density at radius 3 is 2.77 bits per heavy atom. The van der Waals surface area contributed by atoms with Gasteiger partial charge in [0.1, 0.15) is 34.6 Å². The zero-order chi connectivity index (χ0) is 20.8. The fraction of sp³-hybridized carbons (Fsp3) is 0.190. The number of anilines is 1. The number of aromatic nitrogens is 4. The van der Waals surface area contributed by atoms with Crippen LogP contribution in [-0.4, -0.2) is 39.2 Å². The van der Waals surface area contributed by atoms with Crippen molar-refractivity contribution in [3.05, 3.63) is 59.5 Å².